The minimum Gasteiger partial charge on any atom is -0.493 e. The second-order valence-electron chi connectivity index (χ2n) is 8.66. The van der Waals surface area contributed by atoms with E-state index < -0.39 is 31.2 Å². The highest BCUT2D eigenvalue weighted by atomic mass is 28.5. The largest absolute Gasteiger partial charge is 0.493 e. The summed E-state index contributed by atoms with van der Waals surface area (Å²) in [5.41, 5.74) is 0.625. The third-order valence-corrected chi connectivity index (χ3v) is 15.4. The van der Waals surface area contributed by atoms with Crippen LogP contribution < -0.4 is 19.4 Å². The monoisotopic (exact) mass is 472 g/mol. The average molecular weight is 473 g/mol. The molecular weight excluding hydrogens is 436 g/mol. The van der Waals surface area contributed by atoms with Crippen LogP contribution in [0.25, 0.3) is 6.08 Å². The van der Waals surface area contributed by atoms with Crippen molar-refractivity contribution in [2.75, 3.05) is 21.3 Å². The fraction of sp³-hybridized carbons (Fsp3) is 0.550. The van der Waals surface area contributed by atoms with Crippen LogP contribution in [0, 0.1) is 0 Å². The molecule has 1 rings (SSSR count). The Morgan fingerprint density at radius 1 is 0.967 bits per heavy atom. The first-order chi connectivity index (χ1) is 13.7. The molecule has 1 aromatic rings. The lowest BCUT2D eigenvalue weighted by Crippen LogP contribution is -2.61. The summed E-state index contributed by atoms with van der Waals surface area (Å²) in [6, 6.07) is 2.67. The molecule has 0 heterocycles. The maximum Gasteiger partial charge on any atom is 0.353 e. The van der Waals surface area contributed by atoms with Crippen molar-refractivity contribution < 1.29 is 32.3 Å². The lowest BCUT2D eigenvalue weighted by atomic mass is 10.1. The highest BCUT2D eigenvalue weighted by molar-refractivity contribution is 6.95. The van der Waals surface area contributed by atoms with Crippen molar-refractivity contribution in [3.05, 3.63) is 17.7 Å². The van der Waals surface area contributed by atoms with Gasteiger partial charge in [0.25, 0.3) is 0 Å². The average Bonchev–Trinajstić information content (AvgIpc) is 2.62. The number of carboxylic acids is 1. The highest BCUT2D eigenvalue weighted by Crippen LogP contribution is 2.40. The lowest BCUT2D eigenvalue weighted by molar-refractivity contribution is -0.131. The summed E-state index contributed by atoms with van der Waals surface area (Å²) < 4.78 is 30.4. The lowest BCUT2D eigenvalue weighted by Gasteiger charge is -2.41. The van der Waals surface area contributed by atoms with Gasteiger partial charge in [-0.3, -0.25) is 0 Å². The van der Waals surface area contributed by atoms with Gasteiger partial charge < -0.3 is 27.5 Å². The zero-order valence-corrected chi connectivity index (χ0v) is 22.8. The van der Waals surface area contributed by atoms with Crippen LogP contribution in [0.15, 0.2) is 12.1 Å². The number of hydrogen-bond donors (Lipinski definition) is 1. The highest BCUT2D eigenvalue weighted by Gasteiger charge is 2.47. The molecule has 30 heavy (non-hydrogen) atoms. The van der Waals surface area contributed by atoms with Crippen molar-refractivity contribution in [3.63, 3.8) is 0 Å². The van der Waals surface area contributed by atoms with Gasteiger partial charge in [-0.2, -0.15) is 0 Å². The van der Waals surface area contributed by atoms with Crippen LogP contribution in [0.5, 0.6) is 17.2 Å². The first kappa shape index (κ1) is 26.4. The van der Waals surface area contributed by atoms with Crippen molar-refractivity contribution in [1.82, 2.24) is 0 Å². The van der Waals surface area contributed by atoms with Crippen LogP contribution in [0.1, 0.15) is 12.5 Å². The molecule has 170 valence electrons. The van der Waals surface area contributed by atoms with Crippen molar-refractivity contribution in [3.8, 4) is 17.2 Å². The van der Waals surface area contributed by atoms with E-state index in [0.29, 0.717) is 22.8 Å². The number of ether oxygens (including phenoxy) is 3. The number of hydrogen-bond acceptors (Lipinski definition) is 6. The van der Waals surface area contributed by atoms with Gasteiger partial charge in [0.2, 0.25) is 5.75 Å². The number of methoxy groups -OCH3 is 3. The van der Waals surface area contributed by atoms with Crippen LogP contribution >= 0.6 is 0 Å². The molecule has 0 aliphatic carbocycles. The van der Waals surface area contributed by atoms with E-state index in [9.17, 15) is 9.90 Å². The molecule has 0 aromatic heterocycles. The van der Waals surface area contributed by atoms with E-state index in [2.05, 4.69) is 39.7 Å². The topological polar surface area (TPSA) is 83.5 Å². The van der Waals surface area contributed by atoms with Gasteiger partial charge in [0.05, 0.1) is 21.3 Å². The Bertz CT molecular complexity index is 788. The van der Waals surface area contributed by atoms with E-state index in [4.69, 9.17) is 22.4 Å². The van der Waals surface area contributed by atoms with Crippen LogP contribution in [-0.2, 0) is 13.0 Å². The molecule has 0 saturated heterocycles. The van der Waals surface area contributed by atoms with Crippen molar-refractivity contribution in [1.29, 1.82) is 0 Å². The van der Waals surface area contributed by atoms with E-state index in [1.54, 1.807) is 20.3 Å². The first-order valence-corrected chi connectivity index (χ1v) is 18.7. The molecule has 7 nitrogen and oxygen atoms in total. The molecule has 0 aliphatic heterocycles. The summed E-state index contributed by atoms with van der Waals surface area (Å²) >= 11 is 0. The molecule has 0 radical (unpaired) electrons. The van der Waals surface area contributed by atoms with E-state index >= 15 is 0 Å². The molecule has 0 spiro atoms. The maximum atomic E-state index is 11.3. The molecule has 1 unspecified atom stereocenters. The van der Waals surface area contributed by atoms with Crippen LogP contribution in [-0.4, -0.2) is 57.6 Å². The summed E-state index contributed by atoms with van der Waals surface area (Å²) in [6.45, 7) is 14.8. The standard InChI is InChI=1S/C20H36O7Si3/c1-11-29(8,9)27-30(10,26-28(5,6)7)20-15(12-13-17(21)22)14-16(23-2)18(24-3)19(20)25-4/h12-14H,11H2,1-10H3,(H,21,22)/b13-12+. The smallest absolute Gasteiger partial charge is 0.353 e. The second kappa shape index (κ2) is 10.1. The van der Waals surface area contributed by atoms with Crippen molar-refractivity contribution >= 4 is 42.4 Å². The molecule has 0 amide bonds. The maximum absolute atomic E-state index is 11.3. The first-order valence-electron chi connectivity index (χ1n) is 9.88. The number of aliphatic carboxylic acids is 1. The quantitative estimate of drug-likeness (QED) is 0.382. The molecule has 1 aromatic carbocycles. The van der Waals surface area contributed by atoms with Gasteiger partial charge in [-0.1, -0.05) is 6.92 Å². The minimum atomic E-state index is -3.06. The summed E-state index contributed by atoms with van der Waals surface area (Å²) in [7, 11) is -2.55. The molecule has 0 bridgehead atoms. The zero-order chi connectivity index (χ0) is 23.3. The molecule has 0 fully saturated rings. The van der Waals surface area contributed by atoms with Crippen LogP contribution in [0.4, 0.5) is 0 Å². The van der Waals surface area contributed by atoms with Crippen LogP contribution in [0.3, 0.4) is 0 Å². The third-order valence-electron chi connectivity index (χ3n) is 4.54. The zero-order valence-electron chi connectivity index (χ0n) is 19.8. The molecule has 0 aliphatic rings. The molecule has 1 atom stereocenters. The normalized spacial score (nSPS) is 14.5. The molecule has 0 saturated carbocycles. The Morgan fingerprint density at radius 3 is 1.93 bits per heavy atom. The Kier molecular flexibility index (Phi) is 8.93. The van der Waals surface area contributed by atoms with Gasteiger partial charge in [0, 0.05) is 11.3 Å². The second-order valence-corrected chi connectivity index (χ2v) is 21.1. The summed E-state index contributed by atoms with van der Waals surface area (Å²) in [5, 5.41) is 9.94. The third kappa shape index (κ3) is 6.71. The van der Waals surface area contributed by atoms with Gasteiger partial charge in [-0.15, -0.1) is 0 Å². The SMILES string of the molecule is CC[Si](C)(C)O[Si](C)(O[Si](C)(C)C)c1c(/C=C/C(=O)O)cc(OC)c(OC)c1OC. The Morgan fingerprint density at radius 2 is 1.53 bits per heavy atom. The van der Waals surface area contributed by atoms with Crippen molar-refractivity contribution in [2.45, 2.75) is 52.2 Å². The van der Waals surface area contributed by atoms with E-state index in [1.165, 1.54) is 13.2 Å². The number of carboxylic acid groups (broad SMARTS) is 1. The predicted molar refractivity (Wildman–Crippen MR) is 127 cm³/mol. The number of benzene rings is 1. The van der Waals surface area contributed by atoms with E-state index in [0.717, 1.165) is 17.3 Å². The fourth-order valence-corrected chi connectivity index (χ4v) is 15.4. The minimum absolute atomic E-state index is 0.431. The van der Waals surface area contributed by atoms with Gasteiger partial charge >= 0.3 is 14.5 Å². The van der Waals surface area contributed by atoms with E-state index in [1.807, 2.05) is 6.55 Å². The molecule has 10 heteroatoms. The summed E-state index contributed by atoms with van der Waals surface area (Å²) in [5.74, 6) is 0.281. The Balaban J connectivity index is 4.01. The molecule has 1 N–H and O–H groups in total. The Labute approximate surface area is 183 Å². The van der Waals surface area contributed by atoms with Crippen LogP contribution in [0.2, 0.25) is 45.3 Å². The summed E-state index contributed by atoms with van der Waals surface area (Å²) in [6.07, 6.45) is 2.63. The van der Waals surface area contributed by atoms with E-state index in [-0.39, 0.29) is 0 Å². The van der Waals surface area contributed by atoms with Gasteiger partial charge in [-0.05, 0) is 63.0 Å². The van der Waals surface area contributed by atoms with Gasteiger partial charge in [-0.25, -0.2) is 4.79 Å². The number of carbonyl (C=O) groups is 1. The van der Waals surface area contributed by atoms with Gasteiger partial charge in [0.1, 0.15) is 0 Å². The predicted octanol–water partition coefficient (Wildman–Crippen LogP) is 4.18. The molecular formula is C20H36O7Si3. The Hall–Kier alpha value is -1.60. The van der Waals surface area contributed by atoms with Crippen molar-refractivity contribution in [2.24, 2.45) is 0 Å². The van der Waals surface area contributed by atoms with Gasteiger partial charge in [0.15, 0.2) is 28.1 Å². The number of rotatable bonds is 11. The fourth-order valence-electron chi connectivity index (χ4n) is 3.24. The summed E-state index contributed by atoms with van der Waals surface area (Å²) in [4.78, 5) is 11.3.